The fourth-order valence-corrected chi connectivity index (χ4v) is 5.02. The Morgan fingerprint density at radius 1 is 0.500 bits per heavy atom. The second-order valence-corrected chi connectivity index (χ2v) is 11.0. The first-order valence-corrected chi connectivity index (χ1v) is 13.5. The highest BCUT2D eigenvalue weighted by Crippen LogP contribution is 2.38. The van der Waals surface area contributed by atoms with E-state index in [9.17, 15) is 0 Å². The first kappa shape index (κ1) is 26.3. The SMILES string of the molecule is CCC(C)CC(c1cccc(C(CC(C)CC)c2ccc(C)c(C)c2)c1)c1ccc(C)c(C)c1. The normalized spacial score (nSPS) is 15.1. The zero-order valence-corrected chi connectivity index (χ0v) is 22.9. The van der Waals surface area contributed by atoms with Gasteiger partial charge in [0.15, 0.2) is 0 Å². The average molecular weight is 455 g/mol. The molecule has 0 bridgehead atoms. The number of hydrogen-bond acceptors (Lipinski definition) is 0. The molecule has 0 heterocycles. The molecule has 4 unspecified atom stereocenters. The highest BCUT2D eigenvalue weighted by Gasteiger charge is 2.22. The average Bonchev–Trinajstić information content (AvgIpc) is 2.84. The molecule has 0 aliphatic rings. The lowest BCUT2D eigenvalue weighted by Crippen LogP contribution is -2.10. The Balaban J connectivity index is 2.07. The van der Waals surface area contributed by atoms with E-state index in [4.69, 9.17) is 0 Å². The largest absolute Gasteiger partial charge is 0.0651 e. The van der Waals surface area contributed by atoms with E-state index in [2.05, 4.69) is 116 Å². The number of rotatable bonds is 10. The molecular weight excluding hydrogens is 408 g/mol. The van der Waals surface area contributed by atoms with Gasteiger partial charge in [0.1, 0.15) is 0 Å². The van der Waals surface area contributed by atoms with Gasteiger partial charge in [0, 0.05) is 11.8 Å². The molecule has 3 rings (SSSR count). The number of hydrogen-bond donors (Lipinski definition) is 0. The van der Waals surface area contributed by atoms with Crippen molar-refractivity contribution in [1.29, 1.82) is 0 Å². The summed E-state index contributed by atoms with van der Waals surface area (Å²) in [5.41, 5.74) is 11.4. The summed E-state index contributed by atoms with van der Waals surface area (Å²) in [6.07, 6.45) is 4.84. The van der Waals surface area contributed by atoms with Gasteiger partial charge in [0.2, 0.25) is 0 Å². The van der Waals surface area contributed by atoms with E-state index in [0.717, 1.165) is 0 Å². The van der Waals surface area contributed by atoms with Crippen molar-refractivity contribution in [3.8, 4) is 0 Å². The summed E-state index contributed by atoms with van der Waals surface area (Å²) in [4.78, 5) is 0. The van der Waals surface area contributed by atoms with Crippen molar-refractivity contribution in [2.75, 3.05) is 0 Å². The van der Waals surface area contributed by atoms with Crippen LogP contribution < -0.4 is 0 Å². The van der Waals surface area contributed by atoms with Gasteiger partial charge in [-0.15, -0.1) is 0 Å². The zero-order chi connectivity index (χ0) is 24.8. The molecule has 3 aromatic rings. The van der Waals surface area contributed by atoms with Gasteiger partial charge in [-0.2, -0.15) is 0 Å². The Bertz CT molecular complexity index is 990. The third kappa shape index (κ3) is 6.41. The molecule has 34 heavy (non-hydrogen) atoms. The van der Waals surface area contributed by atoms with E-state index in [1.807, 2.05) is 0 Å². The maximum Gasteiger partial charge on any atom is 0.00920 e. The van der Waals surface area contributed by atoms with Gasteiger partial charge in [-0.05, 0) is 96.9 Å². The van der Waals surface area contributed by atoms with Gasteiger partial charge in [0.25, 0.3) is 0 Å². The van der Waals surface area contributed by atoms with Crippen molar-refractivity contribution in [3.05, 3.63) is 105 Å². The van der Waals surface area contributed by atoms with Crippen LogP contribution in [0.25, 0.3) is 0 Å². The standard InChI is InChI=1S/C34H46/c1-9-23(3)18-33(31-16-14-25(5)27(7)20-31)29-12-11-13-30(22-29)34(19-24(4)10-2)32-17-15-26(6)28(8)21-32/h11-17,20-24,33-34H,9-10,18-19H2,1-8H3. The lowest BCUT2D eigenvalue weighted by Gasteiger charge is -2.26. The lowest BCUT2D eigenvalue weighted by atomic mass is 9.78. The summed E-state index contributed by atoms with van der Waals surface area (Å²) in [5, 5.41) is 0. The van der Waals surface area contributed by atoms with Crippen molar-refractivity contribution < 1.29 is 0 Å². The summed E-state index contributed by atoms with van der Waals surface area (Å²) in [7, 11) is 0. The molecular formula is C34H46. The maximum atomic E-state index is 2.53. The third-order valence-electron chi connectivity index (χ3n) is 8.25. The molecule has 0 aliphatic carbocycles. The van der Waals surface area contributed by atoms with E-state index in [0.29, 0.717) is 23.7 Å². The van der Waals surface area contributed by atoms with E-state index >= 15 is 0 Å². The maximum absolute atomic E-state index is 2.53. The van der Waals surface area contributed by atoms with Crippen LogP contribution >= 0.6 is 0 Å². The van der Waals surface area contributed by atoms with Crippen LogP contribution in [0.3, 0.4) is 0 Å². The number of aryl methyl sites for hydroxylation is 4. The molecule has 0 aromatic heterocycles. The molecule has 0 heteroatoms. The third-order valence-corrected chi connectivity index (χ3v) is 8.25. The van der Waals surface area contributed by atoms with E-state index < -0.39 is 0 Å². The van der Waals surface area contributed by atoms with Gasteiger partial charge in [0.05, 0.1) is 0 Å². The van der Waals surface area contributed by atoms with Crippen LogP contribution in [-0.2, 0) is 0 Å². The van der Waals surface area contributed by atoms with Gasteiger partial charge < -0.3 is 0 Å². The van der Waals surface area contributed by atoms with E-state index in [-0.39, 0.29) is 0 Å². The van der Waals surface area contributed by atoms with Crippen LogP contribution in [0.15, 0.2) is 60.7 Å². The van der Waals surface area contributed by atoms with Gasteiger partial charge in [-0.1, -0.05) is 101 Å². The quantitative estimate of drug-likeness (QED) is 0.286. The monoisotopic (exact) mass is 454 g/mol. The van der Waals surface area contributed by atoms with Crippen molar-refractivity contribution >= 4 is 0 Å². The van der Waals surface area contributed by atoms with Crippen LogP contribution in [0.1, 0.15) is 110 Å². The highest BCUT2D eigenvalue weighted by molar-refractivity contribution is 5.43. The Hall–Kier alpha value is -2.34. The van der Waals surface area contributed by atoms with Crippen molar-refractivity contribution in [2.45, 2.75) is 92.9 Å². The second-order valence-electron chi connectivity index (χ2n) is 11.0. The summed E-state index contributed by atoms with van der Waals surface area (Å²) in [6.45, 7) is 18.4. The van der Waals surface area contributed by atoms with Crippen LogP contribution in [-0.4, -0.2) is 0 Å². The zero-order valence-electron chi connectivity index (χ0n) is 22.9. The molecule has 0 nitrogen and oxygen atoms in total. The van der Waals surface area contributed by atoms with E-state index in [1.54, 1.807) is 0 Å². The Morgan fingerprint density at radius 3 is 1.24 bits per heavy atom. The summed E-state index contributed by atoms with van der Waals surface area (Å²) >= 11 is 0. The summed E-state index contributed by atoms with van der Waals surface area (Å²) in [5.74, 6) is 2.29. The molecule has 0 N–H and O–H groups in total. The molecule has 0 fully saturated rings. The minimum absolute atomic E-state index is 0.443. The van der Waals surface area contributed by atoms with Crippen LogP contribution in [0.5, 0.6) is 0 Å². The molecule has 0 amide bonds. The highest BCUT2D eigenvalue weighted by atomic mass is 14.3. The fourth-order valence-electron chi connectivity index (χ4n) is 5.02. The fraction of sp³-hybridized carbons (Fsp3) is 0.471. The molecule has 0 saturated carbocycles. The molecule has 0 spiro atoms. The first-order valence-electron chi connectivity index (χ1n) is 13.5. The Labute approximate surface area is 209 Å². The Morgan fingerprint density at radius 2 is 0.882 bits per heavy atom. The second kappa shape index (κ2) is 11.9. The van der Waals surface area contributed by atoms with Gasteiger partial charge >= 0.3 is 0 Å². The summed E-state index contributed by atoms with van der Waals surface area (Å²) in [6, 6.07) is 23.8. The first-order chi connectivity index (χ1) is 16.2. The molecule has 3 aromatic carbocycles. The van der Waals surface area contributed by atoms with Crippen LogP contribution in [0.2, 0.25) is 0 Å². The minimum Gasteiger partial charge on any atom is -0.0651 e. The predicted octanol–water partition coefficient (Wildman–Crippen LogP) is 10.1. The van der Waals surface area contributed by atoms with Crippen LogP contribution in [0, 0.1) is 39.5 Å². The molecule has 4 atom stereocenters. The molecule has 182 valence electrons. The summed E-state index contributed by atoms with van der Waals surface area (Å²) < 4.78 is 0. The van der Waals surface area contributed by atoms with E-state index in [1.165, 1.54) is 70.2 Å². The topological polar surface area (TPSA) is 0 Å². The van der Waals surface area contributed by atoms with Crippen molar-refractivity contribution in [1.82, 2.24) is 0 Å². The molecule has 0 radical (unpaired) electrons. The minimum atomic E-state index is 0.443. The Kier molecular flexibility index (Phi) is 9.17. The van der Waals surface area contributed by atoms with Crippen molar-refractivity contribution in [2.24, 2.45) is 11.8 Å². The molecule has 0 aliphatic heterocycles. The van der Waals surface area contributed by atoms with Crippen molar-refractivity contribution in [3.63, 3.8) is 0 Å². The number of benzene rings is 3. The molecule has 0 saturated heterocycles. The van der Waals surface area contributed by atoms with Gasteiger partial charge in [-0.3, -0.25) is 0 Å². The predicted molar refractivity (Wildman–Crippen MR) is 150 cm³/mol. The lowest BCUT2D eigenvalue weighted by molar-refractivity contribution is 0.479. The van der Waals surface area contributed by atoms with Crippen LogP contribution in [0.4, 0.5) is 0 Å². The van der Waals surface area contributed by atoms with Gasteiger partial charge in [-0.25, -0.2) is 0 Å². The smallest absolute Gasteiger partial charge is 0.00920 e.